The molecule has 0 spiro atoms. The fraction of sp³-hybridized carbons (Fsp3) is 0.308. The lowest BCUT2D eigenvalue weighted by Gasteiger charge is -2.25. The van der Waals surface area contributed by atoms with E-state index in [4.69, 9.17) is 21.1 Å². The molecule has 2 aromatic rings. The van der Waals surface area contributed by atoms with Gasteiger partial charge in [0, 0.05) is 11.1 Å². The van der Waals surface area contributed by atoms with Gasteiger partial charge in [-0.3, -0.25) is 10.1 Å². The third kappa shape index (κ3) is 2.29. The molecule has 7 nitrogen and oxygen atoms in total. The van der Waals surface area contributed by atoms with Crippen LogP contribution in [-0.2, 0) is 4.79 Å². The van der Waals surface area contributed by atoms with Crippen molar-refractivity contribution >= 4 is 23.5 Å². The first-order valence-electron chi connectivity index (χ1n) is 6.24. The van der Waals surface area contributed by atoms with Gasteiger partial charge >= 0.3 is 0 Å². The van der Waals surface area contributed by atoms with E-state index in [9.17, 15) is 4.79 Å². The average molecular weight is 309 g/mol. The van der Waals surface area contributed by atoms with E-state index in [1.807, 2.05) is 0 Å². The summed E-state index contributed by atoms with van der Waals surface area (Å²) < 4.78 is 12.1. The van der Waals surface area contributed by atoms with Gasteiger partial charge in [0.25, 0.3) is 0 Å². The summed E-state index contributed by atoms with van der Waals surface area (Å²) in [4.78, 5) is 15.8. The number of nitrogens with one attached hydrogen (secondary N) is 1. The second kappa shape index (κ2) is 5.25. The van der Waals surface area contributed by atoms with Crippen LogP contribution in [0.5, 0.6) is 11.5 Å². The molecule has 0 bridgehead atoms. The first kappa shape index (κ1) is 13.7. The minimum absolute atomic E-state index is 0.133. The number of halogens is 1. The highest BCUT2D eigenvalue weighted by Gasteiger charge is 2.30. The standard InChI is InChI=1S/C13H13ClN4O3/c1-20-10-3-7(8(14)4-11(10)21-2)9-5-12(19)17-13-15-6-16-18(9)13/h3-4,6,9H,5H2,1-2H3,(H,15,16,17,19)/t9-/m1/s1. The number of anilines is 1. The van der Waals surface area contributed by atoms with Crippen molar-refractivity contribution in [3.05, 3.63) is 29.0 Å². The number of rotatable bonds is 3. The van der Waals surface area contributed by atoms with E-state index in [2.05, 4.69) is 15.4 Å². The Bertz CT molecular complexity index is 701. The molecule has 0 radical (unpaired) electrons. The summed E-state index contributed by atoms with van der Waals surface area (Å²) in [5.41, 5.74) is 0.732. The number of amides is 1. The Morgan fingerprint density at radius 3 is 2.76 bits per heavy atom. The SMILES string of the molecule is COc1cc(Cl)c([C@H]2CC(=O)Nc3ncnn32)cc1OC. The number of aromatic nitrogens is 3. The Hall–Kier alpha value is -2.28. The predicted molar refractivity (Wildman–Crippen MR) is 76.0 cm³/mol. The van der Waals surface area contributed by atoms with Gasteiger partial charge in [0.05, 0.1) is 26.7 Å². The molecule has 1 aromatic carbocycles. The van der Waals surface area contributed by atoms with Gasteiger partial charge in [-0.05, 0) is 11.6 Å². The third-order valence-electron chi connectivity index (χ3n) is 3.36. The van der Waals surface area contributed by atoms with Crippen molar-refractivity contribution in [3.8, 4) is 11.5 Å². The number of carbonyl (C=O) groups excluding carboxylic acids is 1. The lowest BCUT2D eigenvalue weighted by atomic mass is 10.0. The summed E-state index contributed by atoms with van der Waals surface area (Å²) >= 11 is 6.32. The molecule has 8 heteroatoms. The Morgan fingerprint density at radius 1 is 1.33 bits per heavy atom. The van der Waals surface area contributed by atoms with Gasteiger partial charge in [0.15, 0.2) is 11.5 Å². The molecule has 0 unspecified atom stereocenters. The van der Waals surface area contributed by atoms with Crippen LogP contribution < -0.4 is 14.8 Å². The maximum absolute atomic E-state index is 11.8. The van der Waals surface area contributed by atoms with E-state index in [1.54, 1.807) is 23.9 Å². The minimum Gasteiger partial charge on any atom is -0.493 e. The molecule has 110 valence electrons. The summed E-state index contributed by atoms with van der Waals surface area (Å²) in [6.45, 7) is 0. The first-order chi connectivity index (χ1) is 10.1. The Labute approximate surface area is 125 Å². The van der Waals surface area contributed by atoms with Gasteiger partial charge in [-0.2, -0.15) is 10.1 Å². The molecule has 1 atom stereocenters. The van der Waals surface area contributed by atoms with Crippen LogP contribution >= 0.6 is 11.6 Å². The molecular weight excluding hydrogens is 296 g/mol. The summed E-state index contributed by atoms with van der Waals surface area (Å²) in [5.74, 6) is 1.35. The van der Waals surface area contributed by atoms with E-state index in [0.717, 1.165) is 5.56 Å². The molecule has 0 fully saturated rings. The zero-order valence-corrected chi connectivity index (χ0v) is 12.2. The van der Waals surface area contributed by atoms with Gasteiger partial charge in [0.1, 0.15) is 6.33 Å². The molecule has 1 aliphatic rings. The molecule has 21 heavy (non-hydrogen) atoms. The monoisotopic (exact) mass is 308 g/mol. The molecule has 1 N–H and O–H groups in total. The lowest BCUT2D eigenvalue weighted by molar-refractivity contribution is -0.117. The van der Waals surface area contributed by atoms with Crippen LogP contribution in [0.4, 0.5) is 5.95 Å². The molecular formula is C13H13ClN4O3. The van der Waals surface area contributed by atoms with Gasteiger partial charge in [0.2, 0.25) is 11.9 Å². The van der Waals surface area contributed by atoms with Crippen LogP contribution in [0.2, 0.25) is 5.02 Å². The smallest absolute Gasteiger partial charge is 0.229 e. The summed E-state index contributed by atoms with van der Waals surface area (Å²) in [6.07, 6.45) is 1.62. The van der Waals surface area contributed by atoms with Gasteiger partial charge in [-0.15, -0.1) is 0 Å². The van der Waals surface area contributed by atoms with Crippen LogP contribution in [0.1, 0.15) is 18.0 Å². The largest absolute Gasteiger partial charge is 0.493 e. The van der Waals surface area contributed by atoms with Crippen molar-refractivity contribution < 1.29 is 14.3 Å². The maximum atomic E-state index is 11.8. The topological polar surface area (TPSA) is 78.3 Å². The number of hydrogen-bond acceptors (Lipinski definition) is 5. The van der Waals surface area contributed by atoms with E-state index in [0.29, 0.717) is 22.5 Å². The highest BCUT2D eigenvalue weighted by molar-refractivity contribution is 6.31. The number of carbonyl (C=O) groups is 1. The second-order valence-corrected chi connectivity index (χ2v) is 4.93. The molecule has 3 rings (SSSR count). The number of ether oxygens (including phenoxy) is 2. The molecule has 1 amide bonds. The summed E-state index contributed by atoms with van der Waals surface area (Å²) in [6, 6.07) is 3.10. The molecule has 1 aliphatic heterocycles. The van der Waals surface area contributed by atoms with E-state index >= 15 is 0 Å². The lowest BCUT2D eigenvalue weighted by Crippen LogP contribution is -2.29. The molecule has 2 heterocycles. The van der Waals surface area contributed by atoms with Crippen molar-refractivity contribution in [1.29, 1.82) is 0 Å². The third-order valence-corrected chi connectivity index (χ3v) is 3.69. The van der Waals surface area contributed by atoms with Crippen molar-refractivity contribution in [2.75, 3.05) is 19.5 Å². The highest BCUT2D eigenvalue weighted by Crippen LogP contribution is 2.39. The predicted octanol–water partition coefficient (Wildman–Crippen LogP) is 1.88. The fourth-order valence-electron chi connectivity index (χ4n) is 2.37. The van der Waals surface area contributed by atoms with Gasteiger partial charge in [-0.25, -0.2) is 4.68 Å². The van der Waals surface area contributed by atoms with Crippen LogP contribution in [0.3, 0.4) is 0 Å². The number of benzene rings is 1. The second-order valence-electron chi connectivity index (χ2n) is 4.53. The van der Waals surface area contributed by atoms with Crippen LogP contribution in [0, 0.1) is 0 Å². The molecule has 0 saturated carbocycles. The molecule has 0 aliphatic carbocycles. The maximum Gasteiger partial charge on any atom is 0.229 e. The first-order valence-corrected chi connectivity index (χ1v) is 6.62. The highest BCUT2D eigenvalue weighted by atomic mass is 35.5. The van der Waals surface area contributed by atoms with Crippen LogP contribution in [0.15, 0.2) is 18.5 Å². The quantitative estimate of drug-likeness (QED) is 0.936. The van der Waals surface area contributed by atoms with Crippen molar-refractivity contribution in [2.24, 2.45) is 0 Å². The number of nitrogens with zero attached hydrogens (tertiary/aromatic N) is 3. The zero-order chi connectivity index (χ0) is 15.0. The minimum atomic E-state index is -0.330. The fourth-order valence-corrected chi connectivity index (χ4v) is 2.65. The normalized spacial score (nSPS) is 17.1. The molecule has 0 saturated heterocycles. The zero-order valence-electron chi connectivity index (χ0n) is 11.5. The summed E-state index contributed by atoms with van der Waals surface area (Å²) in [5, 5.41) is 7.29. The van der Waals surface area contributed by atoms with E-state index in [-0.39, 0.29) is 18.4 Å². The Kier molecular flexibility index (Phi) is 3.42. The molecule has 1 aromatic heterocycles. The van der Waals surface area contributed by atoms with E-state index < -0.39 is 0 Å². The van der Waals surface area contributed by atoms with E-state index in [1.165, 1.54) is 13.4 Å². The Balaban J connectivity index is 2.11. The van der Waals surface area contributed by atoms with Crippen LogP contribution in [0.25, 0.3) is 0 Å². The number of methoxy groups -OCH3 is 2. The summed E-state index contributed by atoms with van der Waals surface area (Å²) in [7, 11) is 3.08. The number of fused-ring (bicyclic) bond motifs is 1. The Morgan fingerprint density at radius 2 is 2.05 bits per heavy atom. The van der Waals surface area contributed by atoms with Crippen molar-refractivity contribution in [1.82, 2.24) is 14.8 Å². The van der Waals surface area contributed by atoms with Crippen molar-refractivity contribution in [3.63, 3.8) is 0 Å². The van der Waals surface area contributed by atoms with Gasteiger partial charge < -0.3 is 9.47 Å². The van der Waals surface area contributed by atoms with Crippen LogP contribution in [-0.4, -0.2) is 34.9 Å². The van der Waals surface area contributed by atoms with Gasteiger partial charge in [-0.1, -0.05) is 11.6 Å². The van der Waals surface area contributed by atoms with Crippen molar-refractivity contribution in [2.45, 2.75) is 12.5 Å². The average Bonchev–Trinajstić information content (AvgIpc) is 2.94. The number of hydrogen-bond donors (Lipinski definition) is 1.